The highest BCUT2D eigenvalue weighted by Gasteiger charge is 2.30. The maximum Gasteiger partial charge on any atom is 0.422 e. The molecule has 78 valence electrons. The van der Waals surface area contributed by atoms with Crippen molar-refractivity contribution in [3.63, 3.8) is 0 Å². The molecule has 0 aromatic heterocycles. The Morgan fingerprint density at radius 1 is 1.46 bits per heavy atom. The number of hydrogen-bond donors (Lipinski definition) is 0. The van der Waals surface area contributed by atoms with Gasteiger partial charge in [-0.25, -0.2) is 4.79 Å². The van der Waals surface area contributed by atoms with Crippen LogP contribution in [0, 0.1) is 0 Å². The number of alkyl halides is 3. The molecule has 0 rings (SSSR count). The van der Waals surface area contributed by atoms with Crippen molar-refractivity contribution in [2.45, 2.75) is 26.1 Å². The number of halogens is 3. The second-order valence-electron chi connectivity index (χ2n) is 2.87. The molecule has 0 unspecified atom stereocenters. The third kappa shape index (κ3) is 5.32. The Hall–Kier alpha value is -0.940. The molecule has 0 saturated carbocycles. The number of amides is 1. The molecule has 3 nitrogen and oxygen atoms in total. The Morgan fingerprint density at radius 2 is 1.92 bits per heavy atom. The zero-order valence-corrected chi connectivity index (χ0v) is 7.68. The van der Waals surface area contributed by atoms with Crippen LogP contribution in [0.25, 0.3) is 0 Å². The van der Waals surface area contributed by atoms with E-state index in [0.717, 1.165) is 4.90 Å². The lowest BCUT2D eigenvalue weighted by Gasteiger charge is -2.20. The van der Waals surface area contributed by atoms with E-state index in [4.69, 9.17) is 0 Å². The first-order valence-electron chi connectivity index (χ1n) is 3.70. The molecule has 6 heteroatoms. The molecule has 0 N–H and O–H groups in total. The van der Waals surface area contributed by atoms with Crippen LogP contribution in [0.3, 0.4) is 0 Å². The molecule has 0 aromatic rings. The smallest absolute Gasteiger partial charge is 0.422 e. The number of carbonyl (C=O) groups is 1. The molecule has 0 aromatic carbocycles. The minimum atomic E-state index is -4.46. The third-order valence-corrected chi connectivity index (χ3v) is 1.42. The summed E-state index contributed by atoms with van der Waals surface area (Å²) in [5, 5.41) is 0. The predicted octanol–water partition coefficient (Wildman–Crippen LogP) is 2.03. The summed E-state index contributed by atoms with van der Waals surface area (Å²) in [6, 6.07) is -0.180. The zero-order chi connectivity index (χ0) is 10.6. The van der Waals surface area contributed by atoms with Gasteiger partial charge in [-0.1, -0.05) is 0 Å². The molecule has 0 spiro atoms. The van der Waals surface area contributed by atoms with E-state index in [2.05, 4.69) is 4.74 Å². The Bertz CT molecular complexity index is 179. The topological polar surface area (TPSA) is 29.5 Å². The summed E-state index contributed by atoms with van der Waals surface area (Å²) in [5.41, 5.74) is 0. The quantitative estimate of drug-likeness (QED) is 0.680. The summed E-state index contributed by atoms with van der Waals surface area (Å²) in [6.07, 6.45) is -5.43. The molecule has 0 aliphatic heterocycles. The average Bonchev–Trinajstić information content (AvgIpc) is 1.97. The lowest BCUT2D eigenvalue weighted by Crippen LogP contribution is -2.35. The highest BCUT2D eigenvalue weighted by Crippen LogP contribution is 2.15. The number of rotatable bonds is 2. The van der Waals surface area contributed by atoms with Gasteiger partial charge in [0.2, 0.25) is 0 Å². The Labute approximate surface area is 74.5 Å². The van der Waals surface area contributed by atoms with E-state index in [9.17, 15) is 18.0 Å². The van der Waals surface area contributed by atoms with Crippen molar-refractivity contribution in [3.05, 3.63) is 0 Å². The summed E-state index contributed by atoms with van der Waals surface area (Å²) in [4.78, 5) is 11.9. The van der Waals surface area contributed by atoms with Crippen molar-refractivity contribution in [2.24, 2.45) is 0 Å². The van der Waals surface area contributed by atoms with E-state index in [1.165, 1.54) is 7.05 Å². The molecular formula is C7H12F3NO2. The number of hydrogen-bond acceptors (Lipinski definition) is 2. The molecular weight excluding hydrogens is 187 g/mol. The van der Waals surface area contributed by atoms with Crippen molar-refractivity contribution >= 4 is 6.09 Å². The fraction of sp³-hybridized carbons (Fsp3) is 0.857. The third-order valence-electron chi connectivity index (χ3n) is 1.42. The van der Waals surface area contributed by atoms with E-state index in [1.807, 2.05) is 0 Å². The Balaban J connectivity index is 3.89. The van der Waals surface area contributed by atoms with Crippen LogP contribution in [0.5, 0.6) is 0 Å². The van der Waals surface area contributed by atoms with Crippen molar-refractivity contribution in [1.82, 2.24) is 4.90 Å². The lowest BCUT2D eigenvalue weighted by atomic mass is 10.4. The summed E-state index contributed by atoms with van der Waals surface area (Å²) < 4.78 is 38.7. The van der Waals surface area contributed by atoms with Gasteiger partial charge in [-0.15, -0.1) is 0 Å². The summed E-state index contributed by atoms with van der Waals surface area (Å²) in [6.45, 7) is 1.81. The van der Waals surface area contributed by atoms with Crippen LogP contribution in [-0.2, 0) is 4.74 Å². The first kappa shape index (κ1) is 12.1. The van der Waals surface area contributed by atoms with Gasteiger partial charge in [-0.3, -0.25) is 0 Å². The van der Waals surface area contributed by atoms with E-state index in [1.54, 1.807) is 13.8 Å². The van der Waals surface area contributed by atoms with Crippen LogP contribution in [0.1, 0.15) is 13.8 Å². The van der Waals surface area contributed by atoms with Gasteiger partial charge >= 0.3 is 12.3 Å². The second kappa shape index (κ2) is 4.34. The highest BCUT2D eigenvalue weighted by molar-refractivity contribution is 5.67. The normalized spacial score (nSPS) is 11.6. The number of carbonyl (C=O) groups excluding carboxylic acids is 1. The van der Waals surface area contributed by atoms with Crippen molar-refractivity contribution in [3.8, 4) is 0 Å². The van der Waals surface area contributed by atoms with Crippen LogP contribution in [-0.4, -0.2) is 36.9 Å². The van der Waals surface area contributed by atoms with Gasteiger partial charge in [0.15, 0.2) is 6.61 Å². The summed E-state index contributed by atoms with van der Waals surface area (Å²) >= 11 is 0. The van der Waals surface area contributed by atoms with E-state index < -0.39 is 18.9 Å². The molecule has 13 heavy (non-hydrogen) atoms. The molecule has 0 radical (unpaired) electrons. The van der Waals surface area contributed by atoms with Gasteiger partial charge in [0, 0.05) is 13.1 Å². The van der Waals surface area contributed by atoms with Crippen molar-refractivity contribution < 1.29 is 22.7 Å². The molecule has 0 aliphatic rings. The van der Waals surface area contributed by atoms with Crippen molar-refractivity contribution in [1.29, 1.82) is 0 Å². The van der Waals surface area contributed by atoms with Gasteiger partial charge in [-0.05, 0) is 13.8 Å². The molecule has 0 saturated heterocycles. The highest BCUT2D eigenvalue weighted by atomic mass is 19.4. The average molecular weight is 199 g/mol. The van der Waals surface area contributed by atoms with E-state index >= 15 is 0 Å². The maximum atomic E-state index is 11.6. The SMILES string of the molecule is CC(C)N(C)C(=O)OCC(F)(F)F. The molecule has 1 amide bonds. The molecule has 0 bridgehead atoms. The van der Waals surface area contributed by atoms with Gasteiger partial charge in [0.05, 0.1) is 0 Å². The Morgan fingerprint density at radius 3 is 2.23 bits per heavy atom. The van der Waals surface area contributed by atoms with Gasteiger partial charge in [0.25, 0.3) is 0 Å². The van der Waals surface area contributed by atoms with E-state index in [-0.39, 0.29) is 6.04 Å². The Kier molecular flexibility index (Phi) is 4.03. The largest absolute Gasteiger partial charge is 0.440 e. The van der Waals surface area contributed by atoms with Gasteiger partial charge in [0.1, 0.15) is 0 Å². The summed E-state index contributed by atoms with van der Waals surface area (Å²) in [7, 11) is 1.38. The maximum absolute atomic E-state index is 11.6. The molecule has 0 heterocycles. The number of ether oxygens (including phenoxy) is 1. The minimum absolute atomic E-state index is 0.180. The zero-order valence-electron chi connectivity index (χ0n) is 7.68. The van der Waals surface area contributed by atoms with E-state index in [0.29, 0.717) is 0 Å². The molecule has 0 atom stereocenters. The fourth-order valence-electron chi connectivity index (χ4n) is 0.456. The van der Waals surface area contributed by atoms with Crippen LogP contribution in [0.2, 0.25) is 0 Å². The first-order chi connectivity index (χ1) is 5.74. The monoisotopic (exact) mass is 199 g/mol. The summed E-state index contributed by atoms with van der Waals surface area (Å²) in [5.74, 6) is 0. The predicted molar refractivity (Wildman–Crippen MR) is 40.3 cm³/mol. The lowest BCUT2D eigenvalue weighted by molar-refractivity contribution is -0.162. The first-order valence-corrected chi connectivity index (χ1v) is 3.70. The van der Waals surface area contributed by atoms with Gasteiger partial charge in [-0.2, -0.15) is 13.2 Å². The minimum Gasteiger partial charge on any atom is -0.440 e. The van der Waals surface area contributed by atoms with Crippen LogP contribution < -0.4 is 0 Å². The molecule has 0 fully saturated rings. The van der Waals surface area contributed by atoms with Gasteiger partial charge < -0.3 is 9.64 Å². The fourth-order valence-corrected chi connectivity index (χ4v) is 0.456. The molecule has 0 aliphatic carbocycles. The van der Waals surface area contributed by atoms with Crippen LogP contribution >= 0.6 is 0 Å². The standard InChI is InChI=1S/C7H12F3NO2/c1-5(2)11(3)6(12)13-4-7(8,9)10/h5H,4H2,1-3H3. The number of nitrogens with zero attached hydrogens (tertiary/aromatic N) is 1. The van der Waals surface area contributed by atoms with Crippen LogP contribution in [0.15, 0.2) is 0 Å². The van der Waals surface area contributed by atoms with Crippen LogP contribution in [0.4, 0.5) is 18.0 Å². The van der Waals surface area contributed by atoms with Crippen molar-refractivity contribution in [2.75, 3.05) is 13.7 Å². The second-order valence-corrected chi connectivity index (χ2v) is 2.87.